The Labute approximate surface area is 135 Å². The molecule has 0 saturated carbocycles. The molecule has 0 aliphatic heterocycles. The molecule has 5 heteroatoms. The first-order chi connectivity index (χ1) is 10.6. The summed E-state index contributed by atoms with van der Waals surface area (Å²) < 4.78 is 10.6. The highest BCUT2D eigenvalue weighted by molar-refractivity contribution is 6.32. The Morgan fingerprint density at radius 1 is 1.18 bits per heavy atom. The molecule has 0 atom stereocenters. The fraction of sp³-hybridized carbons (Fsp3) is 0.235. The van der Waals surface area contributed by atoms with Crippen LogP contribution in [0.25, 0.3) is 0 Å². The predicted octanol–water partition coefficient (Wildman–Crippen LogP) is 3.93. The maximum Gasteiger partial charge on any atom is 0.262 e. The number of ether oxygens (including phenoxy) is 2. The van der Waals surface area contributed by atoms with Crippen LogP contribution < -0.4 is 14.8 Å². The van der Waals surface area contributed by atoms with Gasteiger partial charge in [-0.1, -0.05) is 36.7 Å². The molecule has 0 aliphatic carbocycles. The molecule has 2 aromatic carbocycles. The maximum atomic E-state index is 11.9. The fourth-order valence-corrected chi connectivity index (χ4v) is 2.28. The van der Waals surface area contributed by atoms with Gasteiger partial charge in [0.15, 0.2) is 6.61 Å². The predicted molar refractivity (Wildman–Crippen MR) is 87.9 cm³/mol. The number of amides is 1. The van der Waals surface area contributed by atoms with E-state index in [1.165, 1.54) is 0 Å². The zero-order chi connectivity index (χ0) is 15.9. The summed E-state index contributed by atoms with van der Waals surface area (Å²) in [7, 11) is 1.54. The van der Waals surface area contributed by atoms with Gasteiger partial charge in [0.2, 0.25) is 0 Å². The van der Waals surface area contributed by atoms with Crippen LogP contribution in [0.5, 0.6) is 11.5 Å². The van der Waals surface area contributed by atoms with E-state index in [-0.39, 0.29) is 12.5 Å². The molecule has 22 heavy (non-hydrogen) atoms. The number of hydrogen-bond donors (Lipinski definition) is 1. The topological polar surface area (TPSA) is 47.6 Å². The molecule has 1 amide bonds. The summed E-state index contributed by atoms with van der Waals surface area (Å²) in [5.74, 6) is 1.05. The van der Waals surface area contributed by atoms with Gasteiger partial charge in [0.1, 0.15) is 11.5 Å². The summed E-state index contributed by atoms with van der Waals surface area (Å²) in [6, 6.07) is 12.7. The smallest absolute Gasteiger partial charge is 0.262 e. The second-order valence-corrected chi connectivity index (χ2v) is 5.05. The van der Waals surface area contributed by atoms with Gasteiger partial charge in [-0.3, -0.25) is 4.79 Å². The van der Waals surface area contributed by atoms with E-state index in [4.69, 9.17) is 21.1 Å². The van der Waals surface area contributed by atoms with Gasteiger partial charge in [0.05, 0.1) is 12.1 Å². The van der Waals surface area contributed by atoms with Gasteiger partial charge in [0.25, 0.3) is 5.91 Å². The Balaban J connectivity index is 1.94. The van der Waals surface area contributed by atoms with Crippen molar-refractivity contribution in [3.63, 3.8) is 0 Å². The summed E-state index contributed by atoms with van der Waals surface area (Å²) in [4.78, 5) is 11.9. The minimum Gasteiger partial charge on any atom is -0.495 e. The molecule has 0 saturated heterocycles. The summed E-state index contributed by atoms with van der Waals surface area (Å²) in [6.07, 6.45) is 0.853. The third kappa shape index (κ3) is 4.15. The zero-order valence-electron chi connectivity index (χ0n) is 12.6. The Morgan fingerprint density at radius 3 is 2.64 bits per heavy atom. The van der Waals surface area contributed by atoms with E-state index in [9.17, 15) is 4.79 Å². The van der Waals surface area contributed by atoms with Crippen molar-refractivity contribution in [2.75, 3.05) is 19.0 Å². The monoisotopic (exact) mass is 319 g/mol. The Bertz CT molecular complexity index is 658. The molecule has 0 unspecified atom stereocenters. The molecule has 0 aliphatic rings. The lowest BCUT2D eigenvalue weighted by molar-refractivity contribution is -0.118. The van der Waals surface area contributed by atoms with Crippen LogP contribution in [0.1, 0.15) is 12.5 Å². The molecule has 0 spiro atoms. The summed E-state index contributed by atoms with van der Waals surface area (Å²) in [5, 5.41) is 3.18. The molecule has 0 fully saturated rings. The average Bonchev–Trinajstić information content (AvgIpc) is 2.53. The van der Waals surface area contributed by atoms with Gasteiger partial charge < -0.3 is 14.8 Å². The molecule has 0 bridgehead atoms. The van der Waals surface area contributed by atoms with Crippen LogP contribution in [0, 0.1) is 0 Å². The van der Waals surface area contributed by atoms with Crippen molar-refractivity contribution in [3.05, 3.63) is 53.1 Å². The molecule has 0 aromatic heterocycles. The summed E-state index contributed by atoms with van der Waals surface area (Å²) in [6.45, 7) is 1.99. The van der Waals surface area contributed by atoms with Crippen LogP contribution in [-0.4, -0.2) is 19.6 Å². The number of carbonyl (C=O) groups excluding carboxylic acids is 1. The van der Waals surface area contributed by atoms with Crippen molar-refractivity contribution in [1.29, 1.82) is 0 Å². The third-order valence-corrected chi connectivity index (χ3v) is 3.44. The molecule has 116 valence electrons. The Hall–Kier alpha value is -2.20. The molecule has 2 aromatic rings. The first-order valence-corrected chi connectivity index (χ1v) is 7.36. The Morgan fingerprint density at radius 2 is 1.95 bits per heavy atom. The number of benzene rings is 2. The lowest BCUT2D eigenvalue weighted by Gasteiger charge is -2.11. The van der Waals surface area contributed by atoms with E-state index in [2.05, 4.69) is 5.32 Å². The zero-order valence-corrected chi connectivity index (χ0v) is 13.3. The minimum absolute atomic E-state index is 0.0549. The number of carbonyl (C=O) groups is 1. The van der Waals surface area contributed by atoms with E-state index in [0.29, 0.717) is 16.5 Å². The molecular formula is C17H18ClNO3. The number of anilines is 1. The maximum absolute atomic E-state index is 11.9. The highest BCUT2D eigenvalue weighted by atomic mass is 35.5. The third-order valence-electron chi connectivity index (χ3n) is 3.15. The van der Waals surface area contributed by atoms with Crippen LogP contribution >= 0.6 is 11.6 Å². The second kappa shape index (κ2) is 7.71. The van der Waals surface area contributed by atoms with Crippen LogP contribution in [0.4, 0.5) is 5.69 Å². The lowest BCUT2D eigenvalue weighted by Crippen LogP contribution is -2.20. The SMILES string of the molecule is CCc1ccccc1OCC(=O)Nc1ccc(OC)c(Cl)c1. The van der Waals surface area contributed by atoms with Crippen LogP contribution in [0.2, 0.25) is 5.02 Å². The van der Waals surface area contributed by atoms with E-state index < -0.39 is 0 Å². The van der Waals surface area contributed by atoms with Crippen LogP contribution in [0.3, 0.4) is 0 Å². The number of rotatable bonds is 6. The lowest BCUT2D eigenvalue weighted by atomic mass is 10.1. The van der Waals surface area contributed by atoms with Gasteiger partial charge >= 0.3 is 0 Å². The first-order valence-electron chi connectivity index (χ1n) is 6.98. The van der Waals surface area contributed by atoms with Gasteiger partial charge in [-0.25, -0.2) is 0 Å². The number of para-hydroxylation sites is 1. The Kier molecular flexibility index (Phi) is 5.67. The van der Waals surface area contributed by atoms with Crippen molar-refractivity contribution >= 4 is 23.2 Å². The summed E-state index contributed by atoms with van der Waals surface area (Å²) >= 11 is 6.02. The number of methoxy groups -OCH3 is 1. The molecule has 0 radical (unpaired) electrons. The van der Waals surface area contributed by atoms with Crippen molar-refractivity contribution in [2.24, 2.45) is 0 Å². The molecule has 4 nitrogen and oxygen atoms in total. The van der Waals surface area contributed by atoms with E-state index in [1.807, 2.05) is 31.2 Å². The molecule has 1 N–H and O–H groups in total. The number of aryl methyl sites for hydroxylation is 1. The molecule has 2 rings (SSSR count). The summed E-state index contributed by atoms with van der Waals surface area (Å²) in [5.41, 5.74) is 1.67. The van der Waals surface area contributed by atoms with Gasteiger partial charge in [-0.15, -0.1) is 0 Å². The molecule has 0 heterocycles. The standard InChI is InChI=1S/C17H18ClNO3/c1-3-12-6-4-5-7-15(12)22-11-17(20)19-13-8-9-16(21-2)14(18)10-13/h4-10H,3,11H2,1-2H3,(H,19,20). The van der Waals surface area contributed by atoms with Gasteiger partial charge in [-0.2, -0.15) is 0 Å². The fourth-order valence-electron chi connectivity index (χ4n) is 2.02. The van der Waals surface area contributed by atoms with Gasteiger partial charge in [-0.05, 0) is 36.2 Å². The van der Waals surface area contributed by atoms with Crippen molar-refractivity contribution in [3.8, 4) is 11.5 Å². The molecular weight excluding hydrogens is 302 g/mol. The number of nitrogens with one attached hydrogen (secondary N) is 1. The quantitative estimate of drug-likeness (QED) is 0.877. The normalized spacial score (nSPS) is 10.1. The highest BCUT2D eigenvalue weighted by Gasteiger charge is 2.08. The van der Waals surface area contributed by atoms with E-state index in [0.717, 1.165) is 17.7 Å². The number of hydrogen-bond acceptors (Lipinski definition) is 3. The first kappa shape index (κ1) is 16.2. The average molecular weight is 320 g/mol. The van der Waals surface area contributed by atoms with Crippen molar-refractivity contribution in [2.45, 2.75) is 13.3 Å². The minimum atomic E-state index is -0.243. The van der Waals surface area contributed by atoms with E-state index in [1.54, 1.807) is 25.3 Å². The van der Waals surface area contributed by atoms with Crippen LogP contribution in [-0.2, 0) is 11.2 Å². The van der Waals surface area contributed by atoms with Crippen molar-refractivity contribution in [1.82, 2.24) is 0 Å². The largest absolute Gasteiger partial charge is 0.495 e. The van der Waals surface area contributed by atoms with Gasteiger partial charge in [0, 0.05) is 5.69 Å². The van der Waals surface area contributed by atoms with Crippen molar-refractivity contribution < 1.29 is 14.3 Å². The second-order valence-electron chi connectivity index (χ2n) is 4.65. The van der Waals surface area contributed by atoms with E-state index >= 15 is 0 Å². The number of halogens is 1. The van der Waals surface area contributed by atoms with Crippen LogP contribution in [0.15, 0.2) is 42.5 Å². The highest BCUT2D eigenvalue weighted by Crippen LogP contribution is 2.27.